The SMILES string of the molecule is CCOc1cc(Br)c(Br)c(C=Nc2c(Br)cc(O)cc2Br)c1O. The van der Waals surface area contributed by atoms with Gasteiger partial charge in [-0.1, -0.05) is 0 Å². The molecule has 0 aliphatic carbocycles. The van der Waals surface area contributed by atoms with Crippen molar-refractivity contribution in [2.45, 2.75) is 6.92 Å². The fourth-order valence-corrected chi connectivity index (χ4v) is 3.99. The topological polar surface area (TPSA) is 62.0 Å². The van der Waals surface area contributed by atoms with E-state index in [2.05, 4.69) is 68.7 Å². The van der Waals surface area contributed by atoms with Crippen molar-refractivity contribution in [3.05, 3.63) is 41.7 Å². The molecule has 4 nitrogen and oxygen atoms in total. The summed E-state index contributed by atoms with van der Waals surface area (Å²) in [6, 6.07) is 4.77. The van der Waals surface area contributed by atoms with Gasteiger partial charge in [0.2, 0.25) is 0 Å². The average molecular weight is 573 g/mol. The van der Waals surface area contributed by atoms with Crippen molar-refractivity contribution in [3.8, 4) is 17.2 Å². The zero-order valence-corrected chi connectivity index (χ0v) is 18.1. The summed E-state index contributed by atoms with van der Waals surface area (Å²) in [4.78, 5) is 4.38. The lowest BCUT2D eigenvalue weighted by atomic mass is 10.2. The minimum Gasteiger partial charge on any atom is -0.508 e. The molecule has 0 atom stereocenters. The number of hydrogen-bond acceptors (Lipinski definition) is 4. The number of nitrogens with zero attached hydrogens (tertiary/aromatic N) is 1. The predicted molar refractivity (Wildman–Crippen MR) is 105 cm³/mol. The van der Waals surface area contributed by atoms with Crippen LogP contribution >= 0.6 is 63.7 Å². The normalized spacial score (nSPS) is 11.2. The molecule has 2 rings (SSSR count). The van der Waals surface area contributed by atoms with Crippen LogP contribution in [-0.2, 0) is 0 Å². The number of hydrogen-bond donors (Lipinski definition) is 2. The Hall–Kier alpha value is -0.570. The predicted octanol–water partition coefficient (Wildman–Crippen LogP) is 6.30. The number of ether oxygens (including phenoxy) is 1. The standard InChI is InChI=1S/C15H11Br4NO3/c1-2-23-12-5-9(16)13(19)8(15(12)22)6-20-14-10(17)3-7(21)4-11(14)18/h3-6,21-22H,2H2,1H3. The second kappa shape index (κ2) is 8.00. The first-order valence-corrected chi connectivity index (χ1v) is 9.58. The van der Waals surface area contributed by atoms with E-state index in [1.54, 1.807) is 18.2 Å². The number of halogens is 4. The third kappa shape index (κ3) is 4.29. The monoisotopic (exact) mass is 569 g/mol. The molecule has 0 aliphatic heterocycles. The Morgan fingerprint density at radius 1 is 1.04 bits per heavy atom. The molecule has 0 unspecified atom stereocenters. The minimum atomic E-state index is -0.00306. The van der Waals surface area contributed by atoms with Gasteiger partial charge in [-0.25, -0.2) is 0 Å². The van der Waals surface area contributed by atoms with Gasteiger partial charge in [-0.15, -0.1) is 0 Å². The van der Waals surface area contributed by atoms with E-state index < -0.39 is 0 Å². The zero-order chi connectivity index (χ0) is 17.1. The fourth-order valence-electron chi connectivity index (χ4n) is 1.80. The highest BCUT2D eigenvalue weighted by Gasteiger charge is 2.15. The van der Waals surface area contributed by atoms with Gasteiger partial charge >= 0.3 is 0 Å². The summed E-state index contributed by atoms with van der Waals surface area (Å²) < 4.78 is 8.06. The highest BCUT2D eigenvalue weighted by atomic mass is 79.9. The van der Waals surface area contributed by atoms with E-state index in [1.165, 1.54) is 6.21 Å². The summed E-state index contributed by atoms with van der Waals surface area (Å²) in [6.07, 6.45) is 1.52. The van der Waals surface area contributed by atoms with Crippen LogP contribution in [-0.4, -0.2) is 23.0 Å². The maximum atomic E-state index is 10.4. The van der Waals surface area contributed by atoms with Gasteiger partial charge in [0, 0.05) is 24.1 Å². The number of rotatable bonds is 4. The summed E-state index contributed by atoms with van der Waals surface area (Å²) in [5.41, 5.74) is 1.07. The van der Waals surface area contributed by atoms with Crippen molar-refractivity contribution < 1.29 is 14.9 Å². The Labute approximate surface area is 167 Å². The van der Waals surface area contributed by atoms with Crippen LogP contribution in [0.2, 0.25) is 0 Å². The Balaban J connectivity index is 2.52. The summed E-state index contributed by atoms with van der Waals surface area (Å²) in [6.45, 7) is 2.28. The smallest absolute Gasteiger partial charge is 0.167 e. The van der Waals surface area contributed by atoms with Gasteiger partial charge in [0.05, 0.1) is 17.9 Å². The van der Waals surface area contributed by atoms with Gasteiger partial charge in [0.1, 0.15) is 5.75 Å². The quantitative estimate of drug-likeness (QED) is 0.423. The molecule has 2 N–H and O–H groups in total. The molecular formula is C15H11Br4NO3. The van der Waals surface area contributed by atoms with Crippen molar-refractivity contribution >= 4 is 75.6 Å². The largest absolute Gasteiger partial charge is 0.508 e. The van der Waals surface area contributed by atoms with Crippen LogP contribution in [0.3, 0.4) is 0 Å². The van der Waals surface area contributed by atoms with Crippen molar-refractivity contribution in [2.75, 3.05) is 6.61 Å². The molecule has 0 amide bonds. The fraction of sp³-hybridized carbons (Fsp3) is 0.133. The average Bonchev–Trinajstić information content (AvgIpc) is 2.47. The van der Waals surface area contributed by atoms with Crippen molar-refractivity contribution in [1.82, 2.24) is 0 Å². The molecule has 2 aromatic carbocycles. The molecule has 0 bridgehead atoms. The first-order chi connectivity index (χ1) is 10.8. The maximum absolute atomic E-state index is 10.4. The molecule has 0 fully saturated rings. The molecule has 0 saturated heterocycles. The van der Waals surface area contributed by atoms with Crippen LogP contribution < -0.4 is 4.74 Å². The van der Waals surface area contributed by atoms with Crippen LogP contribution in [0.15, 0.2) is 41.1 Å². The summed E-state index contributed by atoms with van der Waals surface area (Å²) in [5.74, 6) is 0.484. The highest BCUT2D eigenvalue weighted by Crippen LogP contribution is 2.41. The highest BCUT2D eigenvalue weighted by molar-refractivity contribution is 9.13. The molecule has 23 heavy (non-hydrogen) atoms. The van der Waals surface area contributed by atoms with Crippen LogP contribution in [0.4, 0.5) is 5.69 Å². The van der Waals surface area contributed by atoms with E-state index in [4.69, 9.17) is 4.74 Å². The van der Waals surface area contributed by atoms with E-state index in [0.717, 1.165) is 4.47 Å². The second-order valence-corrected chi connectivity index (χ2v) is 7.74. The molecular weight excluding hydrogens is 562 g/mol. The van der Waals surface area contributed by atoms with Crippen LogP contribution in [0.25, 0.3) is 0 Å². The Kier molecular flexibility index (Phi) is 6.53. The number of aromatic hydroxyl groups is 2. The first-order valence-electron chi connectivity index (χ1n) is 6.41. The molecule has 2 aromatic rings. The van der Waals surface area contributed by atoms with Gasteiger partial charge in [0.15, 0.2) is 11.5 Å². The molecule has 0 aliphatic rings. The van der Waals surface area contributed by atoms with Crippen LogP contribution in [0, 0.1) is 0 Å². The maximum Gasteiger partial charge on any atom is 0.167 e. The zero-order valence-electron chi connectivity index (χ0n) is 11.8. The van der Waals surface area contributed by atoms with Gasteiger partial charge < -0.3 is 14.9 Å². The minimum absolute atomic E-state index is 0.00306. The lowest BCUT2D eigenvalue weighted by molar-refractivity contribution is 0.317. The molecule has 0 spiro atoms. The molecule has 0 aromatic heterocycles. The van der Waals surface area contributed by atoms with Crippen molar-refractivity contribution in [2.24, 2.45) is 4.99 Å². The van der Waals surface area contributed by atoms with Crippen LogP contribution in [0.5, 0.6) is 17.2 Å². The molecule has 0 radical (unpaired) electrons. The van der Waals surface area contributed by atoms with Crippen molar-refractivity contribution in [3.63, 3.8) is 0 Å². The Morgan fingerprint density at radius 3 is 2.22 bits per heavy atom. The van der Waals surface area contributed by atoms with Gasteiger partial charge in [0.25, 0.3) is 0 Å². The van der Waals surface area contributed by atoms with E-state index >= 15 is 0 Å². The number of phenolic OH excluding ortho intramolecular Hbond substituents is 2. The van der Waals surface area contributed by atoms with Crippen LogP contribution in [0.1, 0.15) is 12.5 Å². The third-order valence-corrected chi connectivity index (χ3v) is 6.04. The van der Waals surface area contributed by atoms with E-state index in [1.807, 2.05) is 6.92 Å². The van der Waals surface area contributed by atoms with E-state index in [9.17, 15) is 10.2 Å². The lowest BCUT2D eigenvalue weighted by Gasteiger charge is -2.11. The molecule has 122 valence electrons. The number of phenols is 2. The Bertz CT molecular complexity index is 755. The van der Waals surface area contributed by atoms with Gasteiger partial charge in [-0.2, -0.15) is 0 Å². The Morgan fingerprint density at radius 2 is 1.65 bits per heavy atom. The van der Waals surface area contributed by atoms with Gasteiger partial charge in [-0.05, 0) is 88.8 Å². The van der Waals surface area contributed by atoms with E-state index in [-0.39, 0.29) is 11.5 Å². The van der Waals surface area contributed by atoms with Crippen molar-refractivity contribution in [1.29, 1.82) is 0 Å². The summed E-state index contributed by atoms with van der Waals surface area (Å²) in [7, 11) is 0. The molecule has 0 heterocycles. The van der Waals surface area contributed by atoms with Gasteiger partial charge in [-0.3, -0.25) is 4.99 Å². The summed E-state index contributed by atoms with van der Waals surface area (Å²) >= 11 is 13.5. The lowest BCUT2D eigenvalue weighted by Crippen LogP contribution is -1.96. The molecule has 0 saturated carbocycles. The number of aliphatic imine (C=N–C) groups is 1. The molecule has 8 heteroatoms. The third-order valence-electron chi connectivity index (χ3n) is 2.82. The summed E-state index contributed by atoms with van der Waals surface area (Å²) in [5, 5.41) is 19.9. The van der Waals surface area contributed by atoms with E-state index in [0.29, 0.717) is 37.0 Å². The number of benzene rings is 2. The second-order valence-electron chi connectivity index (χ2n) is 4.38. The first kappa shape index (κ1) is 18.8.